The highest BCUT2D eigenvalue weighted by Gasteiger charge is 2.31. The van der Waals surface area contributed by atoms with Gasteiger partial charge in [0, 0.05) is 23.7 Å². The summed E-state index contributed by atoms with van der Waals surface area (Å²) in [6.07, 6.45) is 0.567. The fourth-order valence-corrected chi connectivity index (χ4v) is 3.86. The number of carbonyl (C=O) groups is 2. The molecule has 2 aromatic rings. The van der Waals surface area contributed by atoms with Crippen molar-refractivity contribution in [2.24, 2.45) is 0 Å². The van der Waals surface area contributed by atoms with E-state index >= 15 is 0 Å². The molecule has 110 valence electrons. The lowest BCUT2D eigenvalue weighted by atomic mass is 10.2. The van der Waals surface area contributed by atoms with Crippen LogP contribution in [0.1, 0.15) is 16.1 Å². The molecule has 3 rings (SSSR count). The Balaban J connectivity index is 1.90. The van der Waals surface area contributed by atoms with Crippen LogP contribution in [0.5, 0.6) is 0 Å². The number of carbonyl (C=O) groups excluding carboxylic acids is 2. The van der Waals surface area contributed by atoms with Gasteiger partial charge in [0.25, 0.3) is 5.91 Å². The second-order valence-electron chi connectivity index (χ2n) is 4.93. The van der Waals surface area contributed by atoms with Gasteiger partial charge in [-0.25, -0.2) is 4.39 Å². The summed E-state index contributed by atoms with van der Waals surface area (Å²) >= 11 is 7.24. The second kappa shape index (κ2) is 5.27. The quantitative estimate of drug-likeness (QED) is 0.922. The predicted molar refractivity (Wildman–Crippen MR) is 80.3 cm³/mol. The first kappa shape index (κ1) is 14.3. The monoisotopic (exact) mass is 326 g/mol. The number of rotatable bonds is 2. The van der Waals surface area contributed by atoms with Crippen molar-refractivity contribution in [3.63, 3.8) is 0 Å². The van der Waals surface area contributed by atoms with E-state index in [4.69, 9.17) is 11.6 Å². The largest absolute Gasteiger partial charge is 0.344 e. The molecule has 1 aromatic carbocycles. The van der Waals surface area contributed by atoms with Crippen LogP contribution in [-0.2, 0) is 4.79 Å². The summed E-state index contributed by atoms with van der Waals surface area (Å²) in [5.41, 5.74) is 0. The van der Waals surface area contributed by atoms with E-state index in [0.29, 0.717) is 17.7 Å². The fourth-order valence-electron chi connectivity index (χ4n) is 2.40. The number of hydrogen-bond acceptors (Lipinski definition) is 3. The van der Waals surface area contributed by atoms with Crippen molar-refractivity contribution >= 4 is 44.8 Å². The topological polar surface area (TPSA) is 49.4 Å². The van der Waals surface area contributed by atoms with Crippen molar-refractivity contribution in [2.75, 3.05) is 13.6 Å². The number of hydrogen-bond donors (Lipinski definition) is 1. The van der Waals surface area contributed by atoms with Crippen molar-refractivity contribution in [2.45, 2.75) is 12.5 Å². The van der Waals surface area contributed by atoms with Gasteiger partial charge in [0.05, 0.1) is 5.02 Å². The van der Waals surface area contributed by atoms with E-state index in [1.165, 1.54) is 6.07 Å². The number of benzene rings is 1. The highest BCUT2D eigenvalue weighted by molar-refractivity contribution is 7.21. The van der Waals surface area contributed by atoms with Crippen LogP contribution in [0.15, 0.2) is 18.2 Å². The number of likely N-dealkylation sites (N-methyl/N-ethyl adjacent to an activating group) is 1. The molecule has 0 unspecified atom stereocenters. The van der Waals surface area contributed by atoms with Crippen LogP contribution in [0.3, 0.4) is 0 Å². The molecule has 2 heterocycles. The molecular weight excluding hydrogens is 315 g/mol. The molecule has 7 heteroatoms. The number of likely N-dealkylation sites (tertiary alicyclic amines) is 1. The molecule has 1 fully saturated rings. The first-order valence-corrected chi connectivity index (χ1v) is 7.61. The zero-order chi connectivity index (χ0) is 15.1. The Labute approximate surface area is 129 Å². The van der Waals surface area contributed by atoms with E-state index in [1.807, 2.05) is 0 Å². The van der Waals surface area contributed by atoms with Crippen LogP contribution in [0.2, 0.25) is 5.02 Å². The number of amides is 2. The van der Waals surface area contributed by atoms with E-state index in [9.17, 15) is 14.0 Å². The highest BCUT2D eigenvalue weighted by atomic mass is 35.5. The van der Waals surface area contributed by atoms with Gasteiger partial charge in [0.1, 0.15) is 16.7 Å². The van der Waals surface area contributed by atoms with Gasteiger partial charge < -0.3 is 10.2 Å². The maximum absolute atomic E-state index is 13.8. The Bertz CT molecular complexity index is 746. The van der Waals surface area contributed by atoms with E-state index in [-0.39, 0.29) is 21.2 Å². The molecule has 0 spiro atoms. The summed E-state index contributed by atoms with van der Waals surface area (Å²) in [5.74, 6) is -1.01. The number of halogens is 2. The third-order valence-electron chi connectivity index (χ3n) is 3.55. The van der Waals surface area contributed by atoms with Crippen molar-refractivity contribution in [1.82, 2.24) is 10.2 Å². The Hall–Kier alpha value is -1.66. The van der Waals surface area contributed by atoms with Gasteiger partial charge in [-0.1, -0.05) is 17.7 Å². The lowest BCUT2D eigenvalue weighted by Gasteiger charge is -2.11. The molecule has 0 bridgehead atoms. The molecule has 0 aliphatic carbocycles. The van der Waals surface area contributed by atoms with Crippen molar-refractivity contribution in [3.8, 4) is 0 Å². The summed E-state index contributed by atoms with van der Waals surface area (Å²) in [5, 5.41) is 3.03. The van der Waals surface area contributed by atoms with E-state index in [2.05, 4.69) is 5.32 Å². The molecule has 21 heavy (non-hydrogen) atoms. The summed E-state index contributed by atoms with van der Waals surface area (Å²) in [6.45, 7) is 0.610. The minimum absolute atomic E-state index is 0.101. The van der Waals surface area contributed by atoms with Crippen LogP contribution >= 0.6 is 22.9 Å². The average molecular weight is 327 g/mol. The Morgan fingerprint density at radius 3 is 2.90 bits per heavy atom. The molecule has 2 amide bonds. The van der Waals surface area contributed by atoms with Gasteiger partial charge in [-0.3, -0.25) is 9.59 Å². The Kier molecular flexibility index (Phi) is 3.59. The van der Waals surface area contributed by atoms with E-state index in [0.717, 1.165) is 11.3 Å². The summed E-state index contributed by atoms with van der Waals surface area (Å²) in [4.78, 5) is 25.9. The molecule has 1 saturated heterocycles. The molecule has 0 saturated carbocycles. The molecule has 1 aromatic heterocycles. The lowest BCUT2D eigenvalue weighted by molar-refractivity contribution is -0.128. The van der Waals surface area contributed by atoms with Crippen LogP contribution in [0, 0.1) is 5.82 Å². The summed E-state index contributed by atoms with van der Waals surface area (Å²) < 4.78 is 14.4. The molecule has 1 aliphatic heterocycles. The minimum atomic E-state index is -0.534. The lowest BCUT2D eigenvalue weighted by Crippen LogP contribution is -2.40. The van der Waals surface area contributed by atoms with Gasteiger partial charge in [-0.05, 0) is 18.6 Å². The molecular formula is C14H12ClFN2O2S. The van der Waals surface area contributed by atoms with Crippen molar-refractivity contribution in [3.05, 3.63) is 33.9 Å². The third kappa shape index (κ3) is 2.38. The zero-order valence-corrected chi connectivity index (χ0v) is 12.7. The highest BCUT2D eigenvalue weighted by Crippen LogP contribution is 2.36. The summed E-state index contributed by atoms with van der Waals surface area (Å²) in [6, 6.07) is 4.05. The van der Waals surface area contributed by atoms with Crippen LogP contribution in [0.25, 0.3) is 10.1 Å². The van der Waals surface area contributed by atoms with Gasteiger partial charge in [-0.2, -0.15) is 0 Å². The number of nitrogens with zero attached hydrogens (tertiary/aromatic N) is 1. The minimum Gasteiger partial charge on any atom is -0.344 e. The van der Waals surface area contributed by atoms with Crippen LogP contribution < -0.4 is 5.32 Å². The molecule has 1 atom stereocenters. The smallest absolute Gasteiger partial charge is 0.263 e. The number of thiophene rings is 1. The average Bonchev–Trinajstić information content (AvgIpc) is 2.95. The SMILES string of the molecule is CN1CC[C@@H](NC(=O)c2sc3cccc(F)c3c2Cl)C1=O. The third-order valence-corrected chi connectivity index (χ3v) is 5.19. The first-order chi connectivity index (χ1) is 9.99. The van der Waals surface area contributed by atoms with Crippen molar-refractivity contribution < 1.29 is 14.0 Å². The Morgan fingerprint density at radius 1 is 1.52 bits per heavy atom. The van der Waals surface area contributed by atoms with Crippen molar-refractivity contribution in [1.29, 1.82) is 0 Å². The van der Waals surface area contributed by atoms with Gasteiger partial charge >= 0.3 is 0 Å². The number of fused-ring (bicyclic) bond motifs is 1. The normalized spacial score (nSPS) is 18.5. The van der Waals surface area contributed by atoms with Gasteiger partial charge in [0.2, 0.25) is 5.91 Å². The fraction of sp³-hybridized carbons (Fsp3) is 0.286. The maximum atomic E-state index is 13.8. The first-order valence-electron chi connectivity index (χ1n) is 6.41. The van der Waals surface area contributed by atoms with Crippen LogP contribution in [-0.4, -0.2) is 36.3 Å². The maximum Gasteiger partial charge on any atom is 0.263 e. The summed E-state index contributed by atoms with van der Waals surface area (Å²) in [7, 11) is 1.69. The zero-order valence-electron chi connectivity index (χ0n) is 11.2. The molecule has 4 nitrogen and oxygen atoms in total. The molecule has 1 aliphatic rings. The van der Waals surface area contributed by atoms with E-state index < -0.39 is 17.8 Å². The van der Waals surface area contributed by atoms with Gasteiger partial charge in [0.15, 0.2) is 0 Å². The second-order valence-corrected chi connectivity index (χ2v) is 6.36. The predicted octanol–water partition coefficient (Wildman–Crippen LogP) is 2.65. The standard InChI is InChI=1S/C14H12ClFN2O2S/c1-18-6-5-8(14(18)20)17-13(19)12-11(15)10-7(16)3-2-4-9(10)21-12/h2-4,8H,5-6H2,1H3,(H,17,19)/t8-/m1/s1. The molecule has 0 radical (unpaired) electrons. The Morgan fingerprint density at radius 2 is 2.29 bits per heavy atom. The van der Waals surface area contributed by atoms with Gasteiger partial charge in [-0.15, -0.1) is 11.3 Å². The number of nitrogens with one attached hydrogen (secondary N) is 1. The van der Waals surface area contributed by atoms with E-state index in [1.54, 1.807) is 24.1 Å². The van der Waals surface area contributed by atoms with Crippen LogP contribution in [0.4, 0.5) is 4.39 Å². The molecule has 1 N–H and O–H groups in total.